The fraction of sp³-hybridized carbons (Fsp3) is 0.375. The Labute approximate surface area is 266 Å². The van der Waals surface area contributed by atoms with Crippen LogP contribution in [0.4, 0.5) is 18.9 Å². The van der Waals surface area contributed by atoms with E-state index in [1.54, 1.807) is 43.3 Å². The molecule has 4 rings (SSSR count). The summed E-state index contributed by atoms with van der Waals surface area (Å²) in [5.41, 5.74) is -0.309. The average Bonchev–Trinajstić information content (AvgIpc) is 3.51. The first-order chi connectivity index (χ1) is 21.2. The summed E-state index contributed by atoms with van der Waals surface area (Å²) in [7, 11) is -3.09. The van der Waals surface area contributed by atoms with E-state index in [4.69, 9.17) is 16.3 Å². The number of carbonyl (C=O) groups excluding carboxylic acids is 2. The van der Waals surface area contributed by atoms with E-state index in [-0.39, 0.29) is 17.5 Å². The Hall–Kier alpha value is -3.77. The summed E-state index contributed by atoms with van der Waals surface area (Å²) in [5.74, 6) is -0.713. The van der Waals surface area contributed by atoms with Crippen LogP contribution in [0.25, 0.3) is 0 Å². The minimum atomic E-state index is -4.89. The molecule has 1 atom stereocenters. The van der Waals surface area contributed by atoms with Crippen molar-refractivity contribution in [2.45, 2.75) is 69.2 Å². The molecule has 8 nitrogen and oxygen atoms in total. The highest BCUT2D eigenvalue weighted by Crippen LogP contribution is 2.38. The number of carbonyl (C=O) groups is 2. The first-order valence-corrected chi connectivity index (χ1v) is 16.2. The van der Waals surface area contributed by atoms with E-state index in [9.17, 15) is 31.2 Å². The first kappa shape index (κ1) is 34.1. The first-order valence-electron chi connectivity index (χ1n) is 14.4. The number of methoxy groups -OCH3 is 1. The third kappa shape index (κ3) is 8.29. The van der Waals surface area contributed by atoms with Crippen molar-refractivity contribution in [2.75, 3.05) is 18.0 Å². The molecule has 13 heteroatoms. The number of halogens is 4. The van der Waals surface area contributed by atoms with Crippen LogP contribution < -0.4 is 14.4 Å². The van der Waals surface area contributed by atoms with Crippen LogP contribution in [0.5, 0.6) is 5.75 Å². The standard InChI is InChI=1S/C32H35ClF3N3O5S/c1-21-11-14-27(15-12-21)45(42,43)39(25-13-16-29(33)28(18-25)32(34,35)36)20-30(40)38(19-23-7-6-10-26(17-23)44-3)22(2)31(41)37-24-8-4-5-9-24/h6-7,10-18,22,24H,4-5,8-9,19-20H2,1-3H3,(H,37,41)/t22-/m0/s1. The van der Waals surface area contributed by atoms with Gasteiger partial charge in [-0.25, -0.2) is 8.42 Å². The molecule has 1 N–H and O–H groups in total. The Morgan fingerprint density at radius 3 is 2.33 bits per heavy atom. The van der Waals surface area contributed by atoms with Gasteiger partial charge in [0.25, 0.3) is 10.0 Å². The molecule has 1 aliphatic carbocycles. The Balaban J connectivity index is 1.76. The topological polar surface area (TPSA) is 96.0 Å². The van der Waals surface area contributed by atoms with Crippen molar-refractivity contribution < 1.29 is 35.9 Å². The van der Waals surface area contributed by atoms with Crippen molar-refractivity contribution in [3.63, 3.8) is 0 Å². The van der Waals surface area contributed by atoms with Gasteiger partial charge < -0.3 is 15.0 Å². The number of amides is 2. The molecular weight excluding hydrogens is 631 g/mol. The van der Waals surface area contributed by atoms with Gasteiger partial charge in [0, 0.05) is 12.6 Å². The molecule has 1 saturated carbocycles. The normalized spacial score (nSPS) is 14.6. The van der Waals surface area contributed by atoms with Gasteiger partial charge in [-0.1, -0.05) is 54.3 Å². The fourth-order valence-corrected chi connectivity index (χ4v) is 6.82. The maximum atomic E-state index is 14.1. The number of anilines is 1. The lowest BCUT2D eigenvalue weighted by Crippen LogP contribution is -2.52. The summed E-state index contributed by atoms with van der Waals surface area (Å²) in [6.07, 6.45) is -1.33. The summed E-state index contributed by atoms with van der Waals surface area (Å²) in [5, 5.41) is 2.35. The number of ether oxygens (including phenoxy) is 1. The molecule has 0 heterocycles. The number of hydrogen-bond acceptors (Lipinski definition) is 5. The van der Waals surface area contributed by atoms with Crippen LogP contribution in [0.2, 0.25) is 5.02 Å². The quantitative estimate of drug-likeness (QED) is 0.258. The van der Waals surface area contributed by atoms with E-state index in [1.165, 1.54) is 31.1 Å². The Morgan fingerprint density at radius 1 is 1.04 bits per heavy atom. The summed E-state index contributed by atoms with van der Waals surface area (Å²) in [4.78, 5) is 28.5. The van der Waals surface area contributed by atoms with Gasteiger partial charge in [-0.2, -0.15) is 13.2 Å². The lowest BCUT2D eigenvalue weighted by molar-refractivity contribution is -0.139. The zero-order valence-electron chi connectivity index (χ0n) is 25.1. The molecule has 0 unspecified atom stereocenters. The summed E-state index contributed by atoms with van der Waals surface area (Å²) in [6.45, 7) is 2.30. The molecule has 0 spiro atoms. The molecule has 3 aromatic rings. The molecule has 45 heavy (non-hydrogen) atoms. The molecule has 1 fully saturated rings. The van der Waals surface area contributed by atoms with Crippen LogP contribution in [0.3, 0.4) is 0 Å². The molecule has 0 radical (unpaired) electrons. The highest BCUT2D eigenvalue weighted by atomic mass is 35.5. The third-order valence-electron chi connectivity index (χ3n) is 7.79. The zero-order chi connectivity index (χ0) is 32.9. The van der Waals surface area contributed by atoms with E-state index >= 15 is 0 Å². The van der Waals surface area contributed by atoms with Crippen molar-refractivity contribution in [1.29, 1.82) is 0 Å². The van der Waals surface area contributed by atoms with Crippen molar-refractivity contribution in [3.05, 3.63) is 88.4 Å². The second-order valence-electron chi connectivity index (χ2n) is 11.0. The SMILES string of the molecule is COc1cccc(CN(C(=O)CN(c2ccc(Cl)c(C(F)(F)F)c2)S(=O)(=O)c2ccc(C)cc2)[C@@H](C)C(=O)NC2CCCC2)c1. The van der Waals surface area contributed by atoms with E-state index in [0.29, 0.717) is 21.7 Å². The van der Waals surface area contributed by atoms with Crippen LogP contribution in [-0.4, -0.2) is 50.9 Å². The van der Waals surface area contributed by atoms with Gasteiger partial charge in [0.2, 0.25) is 11.8 Å². The lowest BCUT2D eigenvalue weighted by atomic mass is 10.1. The molecule has 3 aromatic carbocycles. The van der Waals surface area contributed by atoms with Crippen LogP contribution >= 0.6 is 11.6 Å². The maximum absolute atomic E-state index is 14.1. The van der Waals surface area contributed by atoms with E-state index in [2.05, 4.69) is 5.32 Å². The van der Waals surface area contributed by atoms with E-state index in [0.717, 1.165) is 43.4 Å². The highest BCUT2D eigenvalue weighted by molar-refractivity contribution is 7.92. The Bertz CT molecular complexity index is 1630. The molecule has 0 aromatic heterocycles. The van der Waals surface area contributed by atoms with Gasteiger partial charge in [0.15, 0.2) is 0 Å². The fourth-order valence-electron chi connectivity index (χ4n) is 5.19. The number of benzene rings is 3. The number of nitrogens with one attached hydrogen (secondary N) is 1. The predicted molar refractivity (Wildman–Crippen MR) is 166 cm³/mol. The van der Waals surface area contributed by atoms with Crippen LogP contribution in [0, 0.1) is 6.92 Å². The number of sulfonamides is 1. The third-order valence-corrected chi connectivity index (χ3v) is 9.90. The van der Waals surface area contributed by atoms with Crippen LogP contribution in [0.1, 0.15) is 49.3 Å². The molecule has 0 aliphatic heterocycles. The van der Waals surface area contributed by atoms with Crippen molar-refractivity contribution >= 4 is 39.1 Å². The van der Waals surface area contributed by atoms with Gasteiger partial charge >= 0.3 is 6.18 Å². The van der Waals surface area contributed by atoms with Gasteiger partial charge in [-0.3, -0.25) is 13.9 Å². The Kier molecular flexibility index (Phi) is 10.7. The second-order valence-corrected chi connectivity index (χ2v) is 13.3. The number of aryl methyl sites for hydroxylation is 1. The molecule has 0 bridgehead atoms. The highest BCUT2D eigenvalue weighted by Gasteiger charge is 2.37. The average molecular weight is 666 g/mol. The summed E-state index contributed by atoms with van der Waals surface area (Å²) < 4.78 is 75.3. The van der Waals surface area contributed by atoms with Crippen molar-refractivity contribution in [3.8, 4) is 5.75 Å². The van der Waals surface area contributed by atoms with E-state index in [1.807, 2.05) is 0 Å². The smallest absolute Gasteiger partial charge is 0.417 e. The van der Waals surface area contributed by atoms with Crippen LogP contribution in [-0.2, 0) is 32.3 Å². The largest absolute Gasteiger partial charge is 0.497 e. The number of hydrogen-bond donors (Lipinski definition) is 1. The molecule has 2 amide bonds. The zero-order valence-corrected chi connectivity index (χ0v) is 26.7. The number of rotatable bonds is 11. The lowest BCUT2D eigenvalue weighted by Gasteiger charge is -2.32. The predicted octanol–water partition coefficient (Wildman–Crippen LogP) is 6.35. The van der Waals surface area contributed by atoms with Gasteiger partial charge in [0.1, 0.15) is 18.3 Å². The van der Waals surface area contributed by atoms with Gasteiger partial charge in [-0.05, 0) is 74.7 Å². The molecular formula is C32H35ClF3N3O5S. The molecule has 0 saturated heterocycles. The Morgan fingerprint density at radius 2 is 1.71 bits per heavy atom. The van der Waals surface area contributed by atoms with Gasteiger partial charge in [0.05, 0.1) is 28.3 Å². The summed E-state index contributed by atoms with van der Waals surface area (Å²) >= 11 is 5.83. The van der Waals surface area contributed by atoms with Crippen LogP contribution in [0.15, 0.2) is 71.6 Å². The van der Waals surface area contributed by atoms with Gasteiger partial charge in [-0.15, -0.1) is 0 Å². The summed E-state index contributed by atoms with van der Waals surface area (Å²) in [6, 6.07) is 14.1. The minimum absolute atomic E-state index is 0.0398. The van der Waals surface area contributed by atoms with E-state index < -0.39 is 56.9 Å². The monoisotopic (exact) mass is 665 g/mol. The van der Waals surface area contributed by atoms with Crippen molar-refractivity contribution in [1.82, 2.24) is 10.2 Å². The minimum Gasteiger partial charge on any atom is -0.497 e. The second kappa shape index (κ2) is 14.1. The number of nitrogens with zero attached hydrogens (tertiary/aromatic N) is 2. The number of alkyl halides is 3. The molecule has 242 valence electrons. The van der Waals surface area contributed by atoms with Crippen molar-refractivity contribution in [2.24, 2.45) is 0 Å². The molecule has 1 aliphatic rings. The maximum Gasteiger partial charge on any atom is 0.417 e.